The fraction of sp³-hybridized carbons (Fsp3) is 0.385. The van der Waals surface area contributed by atoms with Crippen LogP contribution in [0, 0.1) is 0 Å². The molecule has 0 spiro atoms. The maximum atomic E-state index is 5.67. The Hall–Kier alpha value is -0.930. The van der Waals surface area contributed by atoms with Crippen LogP contribution in [0.2, 0.25) is 0 Å². The van der Waals surface area contributed by atoms with E-state index in [1.54, 1.807) is 0 Å². The number of aromatic nitrogens is 1. The van der Waals surface area contributed by atoms with E-state index in [0.29, 0.717) is 6.54 Å². The summed E-state index contributed by atoms with van der Waals surface area (Å²) in [6.07, 6.45) is 2.14. The Bertz CT molecular complexity index is 488. The van der Waals surface area contributed by atoms with Crippen molar-refractivity contribution in [2.24, 2.45) is 5.73 Å². The molecule has 2 aromatic rings. The van der Waals surface area contributed by atoms with Crippen molar-refractivity contribution >= 4 is 22.7 Å². The molecule has 0 radical (unpaired) electrons. The molecule has 0 fully saturated rings. The summed E-state index contributed by atoms with van der Waals surface area (Å²) in [5.74, 6) is 1.07. The lowest BCUT2D eigenvalue weighted by atomic mass is 10.1. The first kappa shape index (κ1) is 11.6. The van der Waals surface area contributed by atoms with Gasteiger partial charge in [-0.05, 0) is 36.9 Å². The minimum atomic E-state index is 0.616. The summed E-state index contributed by atoms with van der Waals surface area (Å²) in [7, 11) is 0. The number of hydrogen-bond donors (Lipinski definition) is 1. The number of thioether (sulfide) groups is 1. The van der Waals surface area contributed by atoms with Crippen molar-refractivity contribution in [2.45, 2.75) is 25.8 Å². The summed E-state index contributed by atoms with van der Waals surface area (Å²) in [5.41, 5.74) is 9.60. The largest absolute Gasteiger partial charge is 0.344 e. The van der Waals surface area contributed by atoms with E-state index in [1.807, 2.05) is 11.8 Å². The zero-order valence-electron chi connectivity index (χ0n) is 9.86. The van der Waals surface area contributed by atoms with Crippen molar-refractivity contribution in [1.82, 2.24) is 4.57 Å². The molecule has 0 saturated carbocycles. The van der Waals surface area contributed by atoms with Crippen molar-refractivity contribution < 1.29 is 0 Å². The van der Waals surface area contributed by atoms with Gasteiger partial charge in [0.25, 0.3) is 0 Å². The molecule has 0 aliphatic heterocycles. The van der Waals surface area contributed by atoms with E-state index < -0.39 is 0 Å². The van der Waals surface area contributed by atoms with Crippen LogP contribution in [-0.2, 0) is 18.8 Å². The van der Waals surface area contributed by atoms with Gasteiger partial charge in [-0.15, -0.1) is 0 Å². The van der Waals surface area contributed by atoms with E-state index in [0.717, 1.165) is 12.3 Å². The van der Waals surface area contributed by atoms with Crippen molar-refractivity contribution in [3.05, 3.63) is 35.5 Å². The van der Waals surface area contributed by atoms with Gasteiger partial charge in [0.2, 0.25) is 0 Å². The highest BCUT2D eigenvalue weighted by Gasteiger charge is 2.07. The van der Waals surface area contributed by atoms with E-state index in [9.17, 15) is 0 Å². The Kier molecular flexibility index (Phi) is 3.56. The van der Waals surface area contributed by atoms with Gasteiger partial charge in [0.15, 0.2) is 0 Å². The van der Waals surface area contributed by atoms with E-state index in [4.69, 9.17) is 5.73 Å². The second kappa shape index (κ2) is 4.93. The smallest absolute Gasteiger partial charge is 0.0482 e. The molecule has 0 amide bonds. The van der Waals surface area contributed by atoms with E-state index in [1.165, 1.54) is 22.2 Å². The molecule has 1 aromatic heterocycles. The third kappa shape index (κ3) is 1.97. The first-order chi connectivity index (χ1) is 7.80. The first-order valence-corrected chi connectivity index (χ1v) is 6.99. The topological polar surface area (TPSA) is 30.9 Å². The summed E-state index contributed by atoms with van der Waals surface area (Å²) in [5, 5.41) is 1.31. The Morgan fingerprint density at radius 1 is 1.31 bits per heavy atom. The number of nitrogens with two attached hydrogens (primary N) is 1. The standard InChI is InChI=1S/C13H18N2S/c1-3-15-12(9-16-2)7-11-6-10(8-14)4-5-13(11)15/h4-7H,3,8-9,14H2,1-2H3. The van der Waals surface area contributed by atoms with Crippen LogP contribution < -0.4 is 5.73 Å². The number of fused-ring (bicyclic) bond motifs is 1. The van der Waals surface area contributed by atoms with Gasteiger partial charge in [0.05, 0.1) is 0 Å². The molecular formula is C13H18N2S. The summed E-state index contributed by atoms with van der Waals surface area (Å²) in [6.45, 7) is 3.84. The summed E-state index contributed by atoms with van der Waals surface area (Å²) >= 11 is 1.86. The highest BCUT2D eigenvalue weighted by atomic mass is 32.2. The highest BCUT2D eigenvalue weighted by Crippen LogP contribution is 2.23. The molecule has 3 heteroatoms. The summed E-state index contributed by atoms with van der Waals surface area (Å²) in [4.78, 5) is 0. The summed E-state index contributed by atoms with van der Waals surface area (Å²) in [6, 6.07) is 8.79. The van der Waals surface area contributed by atoms with Crippen LogP contribution in [0.1, 0.15) is 18.2 Å². The van der Waals surface area contributed by atoms with Crippen LogP contribution in [0.15, 0.2) is 24.3 Å². The fourth-order valence-electron chi connectivity index (χ4n) is 2.15. The molecular weight excluding hydrogens is 216 g/mol. The van der Waals surface area contributed by atoms with Crippen molar-refractivity contribution in [1.29, 1.82) is 0 Å². The van der Waals surface area contributed by atoms with Crippen molar-refractivity contribution in [3.8, 4) is 0 Å². The van der Waals surface area contributed by atoms with Gasteiger partial charge in [-0.25, -0.2) is 0 Å². The number of hydrogen-bond acceptors (Lipinski definition) is 2. The zero-order valence-corrected chi connectivity index (χ0v) is 10.7. The number of aryl methyl sites for hydroxylation is 1. The fourth-order valence-corrected chi connectivity index (χ4v) is 2.68. The second-order valence-corrected chi connectivity index (χ2v) is 4.78. The van der Waals surface area contributed by atoms with E-state index >= 15 is 0 Å². The average molecular weight is 234 g/mol. The van der Waals surface area contributed by atoms with Gasteiger partial charge in [-0.1, -0.05) is 6.07 Å². The predicted molar refractivity (Wildman–Crippen MR) is 72.7 cm³/mol. The SMILES string of the molecule is CCn1c(CSC)cc2cc(CN)ccc21. The summed E-state index contributed by atoms with van der Waals surface area (Å²) < 4.78 is 2.38. The molecule has 0 bridgehead atoms. The van der Waals surface area contributed by atoms with Gasteiger partial charge in [0.1, 0.15) is 0 Å². The average Bonchev–Trinajstić information content (AvgIpc) is 2.65. The highest BCUT2D eigenvalue weighted by molar-refractivity contribution is 7.97. The molecule has 2 rings (SSSR count). The Morgan fingerprint density at radius 3 is 2.75 bits per heavy atom. The molecule has 86 valence electrons. The maximum Gasteiger partial charge on any atom is 0.0482 e. The molecule has 2 nitrogen and oxygen atoms in total. The Morgan fingerprint density at radius 2 is 2.12 bits per heavy atom. The van der Waals surface area contributed by atoms with Crippen LogP contribution in [0.3, 0.4) is 0 Å². The zero-order chi connectivity index (χ0) is 11.5. The van der Waals surface area contributed by atoms with Crippen molar-refractivity contribution in [2.75, 3.05) is 6.26 Å². The number of rotatable bonds is 4. The van der Waals surface area contributed by atoms with Crippen LogP contribution in [0.5, 0.6) is 0 Å². The van der Waals surface area contributed by atoms with Crippen LogP contribution in [-0.4, -0.2) is 10.8 Å². The maximum absolute atomic E-state index is 5.67. The molecule has 0 atom stereocenters. The van der Waals surface area contributed by atoms with Gasteiger partial charge >= 0.3 is 0 Å². The molecule has 16 heavy (non-hydrogen) atoms. The quantitative estimate of drug-likeness (QED) is 0.881. The molecule has 2 N–H and O–H groups in total. The number of nitrogens with zero attached hydrogens (tertiary/aromatic N) is 1. The monoisotopic (exact) mass is 234 g/mol. The number of benzene rings is 1. The van der Waals surface area contributed by atoms with Gasteiger partial charge in [-0.3, -0.25) is 0 Å². The molecule has 1 aromatic carbocycles. The molecule has 0 saturated heterocycles. The van der Waals surface area contributed by atoms with E-state index in [-0.39, 0.29) is 0 Å². The Labute approximate surface area is 101 Å². The lowest BCUT2D eigenvalue weighted by Gasteiger charge is -2.06. The molecule has 1 heterocycles. The van der Waals surface area contributed by atoms with Crippen LogP contribution in [0.4, 0.5) is 0 Å². The van der Waals surface area contributed by atoms with Gasteiger partial charge in [-0.2, -0.15) is 11.8 Å². The third-order valence-corrected chi connectivity index (χ3v) is 3.48. The Balaban J connectivity index is 2.57. The lowest BCUT2D eigenvalue weighted by Crippen LogP contribution is -1.99. The lowest BCUT2D eigenvalue weighted by molar-refractivity contribution is 0.765. The van der Waals surface area contributed by atoms with Gasteiger partial charge < -0.3 is 10.3 Å². The first-order valence-electron chi connectivity index (χ1n) is 5.60. The molecule has 0 aliphatic rings. The van der Waals surface area contributed by atoms with E-state index in [2.05, 4.69) is 42.0 Å². The molecule has 0 unspecified atom stereocenters. The van der Waals surface area contributed by atoms with Crippen LogP contribution in [0.25, 0.3) is 10.9 Å². The minimum absolute atomic E-state index is 0.616. The second-order valence-electron chi connectivity index (χ2n) is 3.91. The minimum Gasteiger partial charge on any atom is -0.344 e. The molecule has 0 aliphatic carbocycles. The predicted octanol–water partition coefficient (Wildman–Crippen LogP) is 2.98. The third-order valence-electron chi connectivity index (χ3n) is 2.90. The normalized spacial score (nSPS) is 11.2. The van der Waals surface area contributed by atoms with Crippen LogP contribution >= 0.6 is 11.8 Å². The van der Waals surface area contributed by atoms with Crippen molar-refractivity contribution in [3.63, 3.8) is 0 Å². The van der Waals surface area contributed by atoms with Gasteiger partial charge in [0, 0.05) is 35.4 Å².